The number of hydrogen-bond donors (Lipinski definition) is 3. The number of rotatable bonds is 4. The Morgan fingerprint density at radius 2 is 2.07 bits per heavy atom. The van der Waals surface area contributed by atoms with Gasteiger partial charge in [-0.2, -0.15) is 0 Å². The largest absolute Gasteiger partial charge is 0.480 e. The molecule has 1 saturated carbocycles. The number of nitrogens with zero attached hydrogens (tertiary/aromatic N) is 4. The highest BCUT2D eigenvalue weighted by atomic mass is 19.1. The minimum Gasteiger partial charge on any atom is -0.480 e. The number of fused-ring (bicyclic) bond motifs is 2. The molecule has 2 fully saturated rings. The van der Waals surface area contributed by atoms with Crippen LogP contribution in [-0.4, -0.2) is 48.1 Å². The highest BCUT2D eigenvalue weighted by Crippen LogP contribution is 2.40. The Balaban J connectivity index is 1.50. The predicted octanol–water partition coefficient (Wildman–Crippen LogP) is 3.34. The summed E-state index contributed by atoms with van der Waals surface area (Å²) in [6.07, 6.45) is 8.16. The van der Waals surface area contributed by atoms with Gasteiger partial charge in [-0.05, 0) is 31.2 Å². The van der Waals surface area contributed by atoms with E-state index in [1.165, 1.54) is 6.07 Å². The molecule has 3 unspecified atom stereocenters. The molecule has 0 spiro atoms. The second kappa shape index (κ2) is 7.28. The summed E-state index contributed by atoms with van der Waals surface area (Å²) in [5.41, 5.74) is 3.87. The molecule has 3 aromatic rings. The molecule has 0 amide bonds. The Bertz CT molecular complexity index is 1120. The predicted molar refractivity (Wildman–Crippen MR) is 104 cm³/mol. The van der Waals surface area contributed by atoms with Crippen LogP contribution in [0.25, 0.3) is 22.4 Å². The summed E-state index contributed by atoms with van der Waals surface area (Å²) < 4.78 is 28.2. The number of aliphatic carboxylic acids is 1. The van der Waals surface area contributed by atoms with Crippen LogP contribution in [0.15, 0.2) is 24.7 Å². The zero-order valence-electron chi connectivity index (χ0n) is 16.0. The maximum atomic E-state index is 14.6. The molecule has 2 aliphatic rings. The fraction of sp³-hybridized carbons (Fsp3) is 0.400. The number of aromatic nitrogens is 4. The average Bonchev–Trinajstić information content (AvgIpc) is 3.31. The summed E-state index contributed by atoms with van der Waals surface area (Å²) >= 11 is 0. The van der Waals surface area contributed by atoms with Gasteiger partial charge in [-0.25, -0.2) is 28.7 Å². The number of halogens is 2. The van der Waals surface area contributed by atoms with Crippen LogP contribution in [0.2, 0.25) is 0 Å². The van der Waals surface area contributed by atoms with E-state index in [1.807, 2.05) is 0 Å². The number of H-pyrrole nitrogens is 1. The summed E-state index contributed by atoms with van der Waals surface area (Å²) in [7, 11) is 0. The molecule has 0 bridgehead atoms. The van der Waals surface area contributed by atoms with Crippen LogP contribution >= 0.6 is 0 Å². The van der Waals surface area contributed by atoms with Gasteiger partial charge >= 0.3 is 5.97 Å². The maximum Gasteiger partial charge on any atom is 0.322 e. The number of anilines is 1. The van der Waals surface area contributed by atoms with Crippen molar-refractivity contribution in [2.75, 3.05) is 5.43 Å². The molecule has 8 nitrogen and oxygen atoms in total. The number of aromatic amines is 1. The molecular formula is C20H20F2N6O2. The van der Waals surface area contributed by atoms with Crippen LogP contribution < -0.4 is 5.43 Å². The standard InChI is InChI=1S/C20H20F2N6O2/c21-11-6-12-13(8-24-17(12)23-7-11)18-25-9-14(22)19(26-18)27-28-15-4-2-1-3-10(15)5-16(28)20(29)30/h6-10,15-16H,1-5H2,(H,23,24)(H,29,30)(H,25,26,27). The molecule has 30 heavy (non-hydrogen) atoms. The van der Waals surface area contributed by atoms with Gasteiger partial charge in [0.25, 0.3) is 0 Å². The van der Waals surface area contributed by atoms with Gasteiger partial charge in [0.05, 0.1) is 12.4 Å². The van der Waals surface area contributed by atoms with Gasteiger partial charge in [0, 0.05) is 23.2 Å². The third kappa shape index (κ3) is 3.17. The molecule has 3 atom stereocenters. The smallest absolute Gasteiger partial charge is 0.322 e. The fourth-order valence-corrected chi connectivity index (χ4v) is 4.70. The van der Waals surface area contributed by atoms with Crippen LogP contribution in [0.3, 0.4) is 0 Å². The number of nitrogens with one attached hydrogen (secondary N) is 2. The SMILES string of the molecule is O=C(O)C1CC2CCCCC2N1Nc1nc(-c2c[nH]c3ncc(F)cc23)ncc1F. The summed E-state index contributed by atoms with van der Waals surface area (Å²) in [5, 5.41) is 11.8. The molecule has 3 aromatic heterocycles. The van der Waals surface area contributed by atoms with Crippen LogP contribution in [0.5, 0.6) is 0 Å². The summed E-state index contributed by atoms with van der Waals surface area (Å²) in [6.45, 7) is 0. The van der Waals surface area contributed by atoms with E-state index in [4.69, 9.17) is 0 Å². The monoisotopic (exact) mass is 414 g/mol. The molecule has 1 saturated heterocycles. The Morgan fingerprint density at radius 3 is 2.90 bits per heavy atom. The number of carboxylic acid groups (broad SMARTS) is 1. The van der Waals surface area contributed by atoms with E-state index in [-0.39, 0.29) is 23.6 Å². The molecule has 1 aliphatic heterocycles. The second-order valence-electron chi connectivity index (χ2n) is 7.86. The first-order valence-electron chi connectivity index (χ1n) is 9.94. The fourth-order valence-electron chi connectivity index (χ4n) is 4.70. The summed E-state index contributed by atoms with van der Waals surface area (Å²) in [6, 6.07) is 0.577. The van der Waals surface area contributed by atoms with Crippen molar-refractivity contribution in [1.82, 2.24) is 24.9 Å². The first-order valence-corrected chi connectivity index (χ1v) is 9.94. The van der Waals surface area contributed by atoms with Gasteiger partial charge in [0.15, 0.2) is 17.5 Å². The molecule has 5 rings (SSSR count). The normalized spacial score (nSPS) is 24.1. The Labute approximate surface area is 170 Å². The first-order chi connectivity index (χ1) is 14.5. The van der Waals surface area contributed by atoms with Crippen molar-refractivity contribution in [1.29, 1.82) is 0 Å². The minimum atomic E-state index is -0.940. The lowest BCUT2D eigenvalue weighted by Gasteiger charge is -2.33. The zero-order chi connectivity index (χ0) is 20.8. The first kappa shape index (κ1) is 18.9. The molecule has 10 heteroatoms. The quantitative estimate of drug-likeness (QED) is 0.601. The van der Waals surface area contributed by atoms with E-state index in [1.54, 1.807) is 11.2 Å². The lowest BCUT2D eigenvalue weighted by atomic mass is 9.85. The minimum absolute atomic E-state index is 0.0176. The van der Waals surface area contributed by atoms with Crippen molar-refractivity contribution >= 4 is 22.8 Å². The van der Waals surface area contributed by atoms with Gasteiger partial charge in [-0.3, -0.25) is 10.2 Å². The summed E-state index contributed by atoms with van der Waals surface area (Å²) in [5.74, 6) is -1.79. The molecule has 0 radical (unpaired) electrons. The van der Waals surface area contributed by atoms with Crippen LogP contribution in [-0.2, 0) is 4.79 Å². The van der Waals surface area contributed by atoms with E-state index >= 15 is 0 Å². The average molecular weight is 414 g/mol. The van der Waals surface area contributed by atoms with Gasteiger partial charge in [0.1, 0.15) is 17.5 Å². The van der Waals surface area contributed by atoms with Crippen molar-refractivity contribution in [2.45, 2.75) is 44.2 Å². The van der Waals surface area contributed by atoms with E-state index in [2.05, 4.69) is 25.4 Å². The van der Waals surface area contributed by atoms with Gasteiger partial charge in [0.2, 0.25) is 0 Å². The molecular weight excluding hydrogens is 394 g/mol. The van der Waals surface area contributed by atoms with Crippen molar-refractivity contribution in [2.24, 2.45) is 5.92 Å². The van der Waals surface area contributed by atoms with Gasteiger partial charge in [-0.15, -0.1) is 0 Å². The highest BCUT2D eigenvalue weighted by molar-refractivity contribution is 5.91. The Kier molecular flexibility index (Phi) is 4.58. The number of carbonyl (C=O) groups is 1. The molecule has 156 valence electrons. The van der Waals surface area contributed by atoms with Crippen molar-refractivity contribution in [3.05, 3.63) is 36.3 Å². The van der Waals surface area contributed by atoms with E-state index in [0.29, 0.717) is 23.0 Å². The van der Waals surface area contributed by atoms with Gasteiger partial charge in [-0.1, -0.05) is 12.8 Å². The molecule has 4 heterocycles. The Hall–Kier alpha value is -3.14. The number of pyridine rings is 1. The van der Waals surface area contributed by atoms with E-state index < -0.39 is 23.6 Å². The van der Waals surface area contributed by atoms with Crippen LogP contribution in [0.4, 0.5) is 14.6 Å². The van der Waals surface area contributed by atoms with Crippen molar-refractivity contribution in [3.8, 4) is 11.4 Å². The highest BCUT2D eigenvalue weighted by Gasteiger charge is 2.46. The molecule has 1 aliphatic carbocycles. The molecule has 0 aromatic carbocycles. The van der Waals surface area contributed by atoms with Crippen LogP contribution in [0, 0.1) is 17.6 Å². The Morgan fingerprint density at radius 1 is 1.23 bits per heavy atom. The third-order valence-corrected chi connectivity index (χ3v) is 6.09. The summed E-state index contributed by atoms with van der Waals surface area (Å²) in [4.78, 5) is 27.0. The topological polar surface area (TPSA) is 107 Å². The van der Waals surface area contributed by atoms with E-state index in [9.17, 15) is 18.7 Å². The lowest BCUT2D eigenvalue weighted by molar-refractivity contribution is -0.142. The third-order valence-electron chi connectivity index (χ3n) is 6.09. The number of carboxylic acids is 1. The van der Waals surface area contributed by atoms with Gasteiger partial charge < -0.3 is 10.1 Å². The number of hydrogen-bond acceptors (Lipinski definition) is 6. The van der Waals surface area contributed by atoms with Crippen LogP contribution in [0.1, 0.15) is 32.1 Å². The van der Waals surface area contributed by atoms with Crippen molar-refractivity contribution in [3.63, 3.8) is 0 Å². The zero-order valence-corrected chi connectivity index (χ0v) is 16.0. The van der Waals surface area contributed by atoms with Crippen molar-refractivity contribution < 1.29 is 18.7 Å². The second-order valence-corrected chi connectivity index (χ2v) is 7.86. The van der Waals surface area contributed by atoms with E-state index in [0.717, 1.165) is 38.1 Å². The lowest BCUT2D eigenvalue weighted by Crippen LogP contribution is -2.46. The number of hydrazine groups is 1. The maximum absolute atomic E-state index is 14.6. The molecule has 3 N–H and O–H groups in total.